The van der Waals surface area contributed by atoms with Crippen LogP contribution in [0.25, 0.3) is 0 Å². The summed E-state index contributed by atoms with van der Waals surface area (Å²) in [7, 11) is 0. The molecule has 1 aliphatic heterocycles. The Morgan fingerprint density at radius 3 is 2.60 bits per heavy atom. The van der Waals surface area contributed by atoms with Crippen molar-refractivity contribution in [3.05, 3.63) is 64.7 Å². The van der Waals surface area contributed by atoms with Crippen molar-refractivity contribution < 1.29 is 13.2 Å². The van der Waals surface area contributed by atoms with Gasteiger partial charge in [-0.25, -0.2) is 0 Å². The van der Waals surface area contributed by atoms with E-state index in [0.717, 1.165) is 44.6 Å². The summed E-state index contributed by atoms with van der Waals surface area (Å²) in [5, 5.41) is 3.32. The number of alkyl halides is 3. The van der Waals surface area contributed by atoms with Crippen LogP contribution < -0.4 is 5.32 Å². The topological polar surface area (TPSA) is 15.3 Å². The van der Waals surface area contributed by atoms with Gasteiger partial charge in [-0.1, -0.05) is 41.9 Å². The van der Waals surface area contributed by atoms with Gasteiger partial charge in [0, 0.05) is 29.8 Å². The van der Waals surface area contributed by atoms with Crippen LogP contribution in [0, 0.1) is 0 Å². The number of hydrogen-bond donors (Lipinski definition) is 1. The first-order valence-electron chi connectivity index (χ1n) is 8.31. The summed E-state index contributed by atoms with van der Waals surface area (Å²) in [6.45, 7) is 2.64. The zero-order valence-corrected chi connectivity index (χ0v) is 14.4. The summed E-state index contributed by atoms with van der Waals surface area (Å²) < 4.78 is 38.8. The van der Waals surface area contributed by atoms with Crippen LogP contribution >= 0.6 is 11.6 Å². The summed E-state index contributed by atoms with van der Waals surface area (Å²) in [5.41, 5.74) is 0.941. The monoisotopic (exact) mass is 368 g/mol. The highest BCUT2D eigenvalue weighted by atomic mass is 35.5. The largest absolute Gasteiger partial charge is 0.416 e. The molecule has 0 radical (unpaired) electrons. The molecule has 0 saturated carbocycles. The summed E-state index contributed by atoms with van der Waals surface area (Å²) >= 11 is 5.86. The van der Waals surface area contributed by atoms with E-state index < -0.39 is 11.7 Å². The number of hydrogen-bond acceptors (Lipinski definition) is 2. The van der Waals surface area contributed by atoms with E-state index in [9.17, 15) is 13.2 Å². The molecule has 2 nitrogen and oxygen atoms in total. The third kappa shape index (κ3) is 5.13. The fourth-order valence-electron chi connectivity index (χ4n) is 3.23. The van der Waals surface area contributed by atoms with Crippen LogP contribution in [-0.2, 0) is 12.7 Å². The quantitative estimate of drug-likeness (QED) is 0.773. The number of anilines is 1. The van der Waals surface area contributed by atoms with Crippen molar-refractivity contribution in [3.8, 4) is 0 Å². The summed E-state index contributed by atoms with van der Waals surface area (Å²) in [5.74, 6) is 0. The van der Waals surface area contributed by atoms with Gasteiger partial charge in [-0.15, -0.1) is 0 Å². The van der Waals surface area contributed by atoms with E-state index in [0.29, 0.717) is 5.69 Å². The minimum absolute atomic E-state index is 0.0919. The van der Waals surface area contributed by atoms with Crippen LogP contribution in [0.3, 0.4) is 0 Å². The van der Waals surface area contributed by atoms with Gasteiger partial charge in [0.25, 0.3) is 0 Å². The lowest BCUT2D eigenvalue weighted by atomic mass is 10.0. The number of nitrogens with zero attached hydrogens (tertiary/aromatic N) is 1. The fourth-order valence-corrected chi connectivity index (χ4v) is 3.47. The molecule has 6 heteroatoms. The van der Waals surface area contributed by atoms with Crippen molar-refractivity contribution in [3.63, 3.8) is 0 Å². The molecule has 0 aliphatic carbocycles. The third-order valence-electron chi connectivity index (χ3n) is 4.35. The van der Waals surface area contributed by atoms with Crippen LogP contribution in [0.2, 0.25) is 5.02 Å². The van der Waals surface area contributed by atoms with Crippen molar-refractivity contribution in [1.82, 2.24) is 4.90 Å². The molecule has 1 N–H and O–H groups in total. The van der Waals surface area contributed by atoms with E-state index in [1.54, 1.807) is 6.07 Å². The summed E-state index contributed by atoms with van der Waals surface area (Å²) in [6.07, 6.45) is -2.45. The lowest BCUT2D eigenvalue weighted by molar-refractivity contribution is -0.137. The Morgan fingerprint density at radius 1 is 1.12 bits per heavy atom. The van der Waals surface area contributed by atoms with Crippen LogP contribution in [0.4, 0.5) is 18.9 Å². The molecule has 2 aromatic rings. The molecule has 1 aliphatic rings. The highest BCUT2D eigenvalue weighted by molar-refractivity contribution is 6.30. The van der Waals surface area contributed by atoms with Crippen LogP contribution in [0.5, 0.6) is 0 Å². The van der Waals surface area contributed by atoms with E-state index >= 15 is 0 Å². The molecular formula is C19H20ClF3N2. The number of piperidine rings is 1. The van der Waals surface area contributed by atoms with Gasteiger partial charge in [-0.05, 0) is 43.1 Å². The number of halogens is 4. The molecule has 1 saturated heterocycles. The SMILES string of the molecule is FC(F)(F)c1cc(Cl)cc(NC2CCCN(Cc3ccccc3)C2)c1. The maximum absolute atomic E-state index is 12.9. The van der Waals surface area contributed by atoms with E-state index in [2.05, 4.69) is 22.3 Å². The molecule has 0 bridgehead atoms. The molecular weight excluding hydrogens is 349 g/mol. The Labute approximate surface area is 150 Å². The number of benzene rings is 2. The Kier molecular flexibility index (Phi) is 5.54. The normalized spacial score (nSPS) is 19.0. The molecule has 134 valence electrons. The smallest absolute Gasteiger partial charge is 0.381 e. The first kappa shape index (κ1) is 18.1. The second-order valence-corrected chi connectivity index (χ2v) is 6.87. The highest BCUT2D eigenvalue weighted by Crippen LogP contribution is 2.33. The second kappa shape index (κ2) is 7.67. The average Bonchev–Trinajstić information content (AvgIpc) is 2.55. The van der Waals surface area contributed by atoms with E-state index in [4.69, 9.17) is 11.6 Å². The molecule has 1 unspecified atom stereocenters. The van der Waals surface area contributed by atoms with E-state index in [1.807, 2.05) is 18.2 Å². The van der Waals surface area contributed by atoms with E-state index in [1.165, 1.54) is 5.56 Å². The first-order valence-corrected chi connectivity index (χ1v) is 8.68. The zero-order valence-electron chi connectivity index (χ0n) is 13.7. The lowest BCUT2D eigenvalue weighted by Crippen LogP contribution is -2.41. The third-order valence-corrected chi connectivity index (χ3v) is 4.57. The van der Waals surface area contributed by atoms with Crippen molar-refractivity contribution in [1.29, 1.82) is 0 Å². The minimum atomic E-state index is -4.40. The Bertz CT molecular complexity index is 704. The first-order chi connectivity index (χ1) is 11.9. The number of likely N-dealkylation sites (tertiary alicyclic amines) is 1. The van der Waals surface area contributed by atoms with Crippen molar-refractivity contribution in [2.45, 2.75) is 31.6 Å². The maximum atomic E-state index is 12.9. The molecule has 3 rings (SSSR count). The standard InChI is InChI=1S/C19H20ClF3N2/c20-16-9-15(19(21,22)23)10-18(11-16)24-17-7-4-8-25(13-17)12-14-5-2-1-3-6-14/h1-3,5-6,9-11,17,24H,4,7-8,12-13H2. The fraction of sp³-hybridized carbons (Fsp3) is 0.368. The Balaban J connectivity index is 1.66. The van der Waals surface area contributed by atoms with E-state index in [-0.39, 0.29) is 11.1 Å². The molecule has 2 aromatic carbocycles. The van der Waals surface area contributed by atoms with Gasteiger partial charge in [0.15, 0.2) is 0 Å². The predicted molar refractivity (Wildman–Crippen MR) is 94.8 cm³/mol. The van der Waals surface area contributed by atoms with Gasteiger partial charge in [0.2, 0.25) is 0 Å². The molecule has 0 aromatic heterocycles. The van der Waals surface area contributed by atoms with Gasteiger partial charge >= 0.3 is 6.18 Å². The highest BCUT2D eigenvalue weighted by Gasteiger charge is 2.31. The average molecular weight is 369 g/mol. The second-order valence-electron chi connectivity index (χ2n) is 6.43. The predicted octanol–water partition coefficient (Wildman–Crippen LogP) is 5.44. The number of nitrogens with one attached hydrogen (secondary N) is 1. The molecule has 1 atom stereocenters. The lowest BCUT2D eigenvalue weighted by Gasteiger charge is -2.33. The zero-order chi connectivity index (χ0) is 17.9. The van der Waals surface area contributed by atoms with Gasteiger partial charge in [0.1, 0.15) is 0 Å². The minimum Gasteiger partial charge on any atom is -0.381 e. The summed E-state index contributed by atoms with van der Waals surface area (Å²) in [4.78, 5) is 2.33. The van der Waals surface area contributed by atoms with Crippen molar-refractivity contribution in [2.24, 2.45) is 0 Å². The van der Waals surface area contributed by atoms with Gasteiger partial charge in [0.05, 0.1) is 5.56 Å². The summed E-state index contributed by atoms with van der Waals surface area (Å²) in [6, 6.07) is 13.9. The Morgan fingerprint density at radius 2 is 1.88 bits per heavy atom. The maximum Gasteiger partial charge on any atom is 0.416 e. The van der Waals surface area contributed by atoms with Crippen LogP contribution in [0.1, 0.15) is 24.0 Å². The molecule has 1 heterocycles. The Hall–Kier alpha value is -1.72. The van der Waals surface area contributed by atoms with Gasteiger partial charge in [-0.2, -0.15) is 13.2 Å². The van der Waals surface area contributed by atoms with Crippen molar-refractivity contribution in [2.75, 3.05) is 18.4 Å². The van der Waals surface area contributed by atoms with Gasteiger partial charge in [-0.3, -0.25) is 4.90 Å². The van der Waals surface area contributed by atoms with Crippen molar-refractivity contribution >= 4 is 17.3 Å². The molecule has 0 amide bonds. The van der Waals surface area contributed by atoms with Gasteiger partial charge < -0.3 is 5.32 Å². The van der Waals surface area contributed by atoms with Crippen LogP contribution in [-0.4, -0.2) is 24.0 Å². The molecule has 25 heavy (non-hydrogen) atoms. The molecule has 1 fully saturated rings. The van der Waals surface area contributed by atoms with Crippen LogP contribution in [0.15, 0.2) is 48.5 Å². The number of rotatable bonds is 4. The molecule has 0 spiro atoms.